The number of benzene rings is 2. The standard InChI is InChI=1S/C22H19N3O/c26-22(24-20-16-25-14-8-7-13-21(25)23-20)15-19(17-9-3-1-4-10-17)18-11-5-2-6-12-18/h1-14,16,19H,15H2,(H,24,26). The average molecular weight is 341 g/mol. The molecule has 4 rings (SSSR count). The number of anilines is 1. The van der Waals surface area contributed by atoms with E-state index in [-0.39, 0.29) is 11.8 Å². The van der Waals surface area contributed by atoms with Crippen molar-refractivity contribution in [1.29, 1.82) is 0 Å². The first-order valence-corrected chi connectivity index (χ1v) is 8.63. The molecule has 4 heteroatoms. The molecule has 4 aromatic rings. The highest BCUT2D eigenvalue weighted by Crippen LogP contribution is 2.28. The molecule has 0 aliphatic carbocycles. The topological polar surface area (TPSA) is 46.4 Å². The van der Waals surface area contributed by atoms with Crippen LogP contribution in [0, 0.1) is 0 Å². The largest absolute Gasteiger partial charge is 0.309 e. The summed E-state index contributed by atoms with van der Waals surface area (Å²) < 4.78 is 1.89. The Morgan fingerprint density at radius 2 is 1.50 bits per heavy atom. The molecule has 2 aromatic heterocycles. The number of pyridine rings is 1. The third-order valence-electron chi connectivity index (χ3n) is 4.42. The van der Waals surface area contributed by atoms with Gasteiger partial charge in [-0.1, -0.05) is 66.7 Å². The van der Waals surface area contributed by atoms with Gasteiger partial charge in [0.05, 0.1) is 6.20 Å². The molecule has 0 aliphatic heterocycles. The predicted octanol–water partition coefficient (Wildman–Crippen LogP) is 4.50. The average Bonchev–Trinajstić information content (AvgIpc) is 3.09. The van der Waals surface area contributed by atoms with Gasteiger partial charge in [-0.05, 0) is 23.3 Å². The molecule has 0 bridgehead atoms. The molecule has 4 nitrogen and oxygen atoms in total. The van der Waals surface area contributed by atoms with Gasteiger partial charge < -0.3 is 9.72 Å². The maximum Gasteiger partial charge on any atom is 0.226 e. The van der Waals surface area contributed by atoms with Crippen molar-refractivity contribution >= 4 is 17.4 Å². The van der Waals surface area contributed by atoms with Gasteiger partial charge in [0.15, 0.2) is 5.82 Å². The number of rotatable bonds is 5. The van der Waals surface area contributed by atoms with Crippen LogP contribution in [0.1, 0.15) is 23.5 Å². The van der Waals surface area contributed by atoms with E-state index >= 15 is 0 Å². The summed E-state index contributed by atoms with van der Waals surface area (Å²) in [4.78, 5) is 17.1. The summed E-state index contributed by atoms with van der Waals surface area (Å²) in [7, 11) is 0. The van der Waals surface area contributed by atoms with Crippen LogP contribution in [0.2, 0.25) is 0 Å². The van der Waals surface area contributed by atoms with Gasteiger partial charge in [0.2, 0.25) is 5.91 Å². The lowest BCUT2D eigenvalue weighted by Gasteiger charge is -2.17. The molecular formula is C22H19N3O. The van der Waals surface area contributed by atoms with Gasteiger partial charge in [-0.15, -0.1) is 0 Å². The molecule has 0 atom stereocenters. The Balaban J connectivity index is 1.56. The molecule has 0 saturated heterocycles. The maximum atomic E-state index is 12.7. The summed E-state index contributed by atoms with van der Waals surface area (Å²) in [6.07, 6.45) is 4.10. The second-order valence-corrected chi connectivity index (χ2v) is 6.22. The zero-order chi connectivity index (χ0) is 17.8. The Morgan fingerprint density at radius 1 is 0.885 bits per heavy atom. The molecule has 0 radical (unpaired) electrons. The quantitative estimate of drug-likeness (QED) is 0.581. The van der Waals surface area contributed by atoms with Crippen LogP contribution >= 0.6 is 0 Å². The predicted molar refractivity (Wildman–Crippen MR) is 103 cm³/mol. The van der Waals surface area contributed by atoms with Crippen molar-refractivity contribution in [2.75, 3.05) is 5.32 Å². The van der Waals surface area contributed by atoms with Crippen molar-refractivity contribution in [3.05, 3.63) is 102 Å². The van der Waals surface area contributed by atoms with E-state index in [1.54, 1.807) is 0 Å². The fraction of sp³-hybridized carbons (Fsp3) is 0.0909. The molecular weight excluding hydrogens is 322 g/mol. The number of amides is 1. The molecule has 0 fully saturated rings. The Kier molecular flexibility index (Phi) is 4.48. The lowest BCUT2D eigenvalue weighted by Crippen LogP contribution is -2.16. The normalized spacial score (nSPS) is 11.0. The van der Waals surface area contributed by atoms with Crippen LogP contribution in [0.3, 0.4) is 0 Å². The summed E-state index contributed by atoms with van der Waals surface area (Å²) >= 11 is 0. The lowest BCUT2D eigenvalue weighted by molar-refractivity contribution is -0.116. The van der Waals surface area contributed by atoms with Gasteiger partial charge in [0, 0.05) is 18.5 Å². The van der Waals surface area contributed by atoms with Gasteiger partial charge in [0.25, 0.3) is 0 Å². The number of aromatic nitrogens is 2. The summed E-state index contributed by atoms with van der Waals surface area (Å²) in [5.74, 6) is 0.529. The second kappa shape index (κ2) is 7.23. The van der Waals surface area contributed by atoms with Crippen LogP contribution < -0.4 is 5.32 Å². The van der Waals surface area contributed by atoms with Crippen molar-refractivity contribution in [3.63, 3.8) is 0 Å². The van der Waals surface area contributed by atoms with E-state index in [1.165, 1.54) is 0 Å². The number of hydrogen-bond donors (Lipinski definition) is 1. The van der Waals surface area contributed by atoms with Crippen molar-refractivity contribution in [2.45, 2.75) is 12.3 Å². The Labute approximate surface area is 152 Å². The number of imidazole rings is 1. The summed E-state index contributed by atoms with van der Waals surface area (Å²) in [6, 6.07) is 26.0. The number of nitrogens with one attached hydrogen (secondary N) is 1. The Hall–Kier alpha value is -3.40. The first kappa shape index (κ1) is 16.1. The fourth-order valence-corrected chi connectivity index (χ4v) is 3.17. The van der Waals surface area contributed by atoms with Gasteiger partial charge in [-0.25, -0.2) is 4.98 Å². The SMILES string of the molecule is O=C(CC(c1ccccc1)c1ccccc1)Nc1cn2ccccc2n1. The van der Waals surface area contributed by atoms with E-state index in [0.717, 1.165) is 16.8 Å². The summed E-state index contributed by atoms with van der Waals surface area (Å²) in [6.45, 7) is 0. The van der Waals surface area contributed by atoms with Crippen LogP contribution in [0.25, 0.3) is 5.65 Å². The first-order valence-electron chi connectivity index (χ1n) is 8.63. The van der Waals surface area contributed by atoms with Crippen molar-refractivity contribution < 1.29 is 4.79 Å². The number of fused-ring (bicyclic) bond motifs is 1. The highest BCUT2D eigenvalue weighted by molar-refractivity contribution is 5.91. The zero-order valence-electron chi connectivity index (χ0n) is 14.2. The van der Waals surface area contributed by atoms with Gasteiger partial charge in [-0.3, -0.25) is 4.79 Å². The monoisotopic (exact) mass is 341 g/mol. The van der Waals surface area contributed by atoms with E-state index in [1.807, 2.05) is 71.4 Å². The molecule has 1 amide bonds. The fourth-order valence-electron chi connectivity index (χ4n) is 3.17. The Bertz CT molecular complexity index is 937. The van der Waals surface area contributed by atoms with Crippen LogP contribution in [0.15, 0.2) is 91.3 Å². The number of nitrogens with zero attached hydrogens (tertiary/aromatic N) is 2. The highest BCUT2D eigenvalue weighted by Gasteiger charge is 2.18. The van der Waals surface area contributed by atoms with E-state index in [0.29, 0.717) is 12.2 Å². The van der Waals surface area contributed by atoms with Crippen LogP contribution in [0.5, 0.6) is 0 Å². The van der Waals surface area contributed by atoms with E-state index in [2.05, 4.69) is 34.6 Å². The molecule has 0 saturated carbocycles. The van der Waals surface area contributed by atoms with E-state index < -0.39 is 0 Å². The minimum atomic E-state index is -0.0499. The molecule has 128 valence electrons. The Morgan fingerprint density at radius 3 is 2.12 bits per heavy atom. The summed E-state index contributed by atoms with van der Waals surface area (Å²) in [5, 5.41) is 2.93. The van der Waals surface area contributed by atoms with Gasteiger partial charge in [-0.2, -0.15) is 0 Å². The minimum absolute atomic E-state index is 0.00873. The first-order chi connectivity index (χ1) is 12.8. The number of carbonyl (C=O) groups is 1. The van der Waals surface area contributed by atoms with Gasteiger partial charge >= 0.3 is 0 Å². The molecule has 2 heterocycles. The molecule has 26 heavy (non-hydrogen) atoms. The van der Waals surface area contributed by atoms with Crippen molar-refractivity contribution in [2.24, 2.45) is 0 Å². The minimum Gasteiger partial charge on any atom is -0.309 e. The third-order valence-corrected chi connectivity index (χ3v) is 4.42. The molecule has 1 N–H and O–H groups in total. The highest BCUT2D eigenvalue weighted by atomic mass is 16.1. The molecule has 2 aromatic carbocycles. The van der Waals surface area contributed by atoms with Gasteiger partial charge in [0.1, 0.15) is 5.65 Å². The smallest absolute Gasteiger partial charge is 0.226 e. The second-order valence-electron chi connectivity index (χ2n) is 6.22. The van der Waals surface area contributed by atoms with E-state index in [9.17, 15) is 4.79 Å². The van der Waals surface area contributed by atoms with Crippen molar-refractivity contribution in [3.8, 4) is 0 Å². The molecule has 0 unspecified atom stereocenters. The van der Waals surface area contributed by atoms with Crippen LogP contribution in [-0.4, -0.2) is 15.3 Å². The molecule has 0 spiro atoms. The van der Waals surface area contributed by atoms with Crippen LogP contribution in [-0.2, 0) is 4.79 Å². The maximum absolute atomic E-state index is 12.7. The third kappa shape index (κ3) is 3.49. The molecule has 0 aliphatic rings. The lowest BCUT2D eigenvalue weighted by atomic mass is 9.88. The summed E-state index contributed by atoms with van der Waals surface area (Å²) in [5.41, 5.74) is 3.07. The van der Waals surface area contributed by atoms with Crippen molar-refractivity contribution in [1.82, 2.24) is 9.38 Å². The van der Waals surface area contributed by atoms with E-state index in [4.69, 9.17) is 0 Å². The number of hydrogen-bond acceptors (Lipinski definition) is 2. The van der Waals surface area contributed by atoms with Crippen LogP contribution in [0.4, 0.5) is 5.82 Å². The zero-order valence-corrected chi connectivity index (χ0v) is 14.2. The number of carbonyl (C=O) groups excluding carboxylic acids is 1.